The van der Waals surface area contributed by atoms with Crippen molar-refractivity contribution < 1.29 is 13.2 Å². The van der Waals surface area contributed by atoms with E-state index in [-0.39, 0.29) is 10.9 Å². The third-order valence-electron chi connectivity index (χ3n) is 2.67. The second-order valence-corrected chi connectivity index (χ2v) is 6.31. The number of sulfonamides is 1. The quantitative estimate of drug-likeness (QED) is 0.840. The highest BCUT2D eigenvalue weighted by Gasteiger charge is 2.20. The van der Waals surface area contributed by atoms with E-state index in [1.165, 1.54) is 23.5 Å². The van der Waals surface area contributed by atoms with Gasteiger partial charge in [0.1, 0.15) is 5.75 Å². The van der Waals surface area contributed by atoms with E-state index >= 15 is 0 Å². The number of nitrogens with zero attached hydrogens (tertiary/aromatic N) is 1. The molecule has 0 aliphatic rings. The Labute approximate surface area is 109 Å². The Balaban J connectivity index is 2.84. The molecule has 1 rings (SSSR count). The van der Waals surface area contributed by atoms with Gasteiger partial charge in [-0.25, -0.2) is 12.7 Å². The molecule has 0 bridgehead atoms. The average molecular weight is 272 g/mol. The van der Waals surface area contributed by atoms with E-state index in [2.05, 4.69) is 0 Å². The molecule has 0 amide bonds. The standard InChI is InChI=1S/C12H20N2O3S/c1-10(13)8-9-14(2)18(15,16)12-6-4-11(17-3)5-7-12/h4-7,10H,8-9,13H2,1-3H3. The predicted octanol–water partition coefficient (Wildman–Crippen LogP) is 1.05. The summed E-state index contributed by atoms with van der Waals surface area (Å²) in [5, 5.41) is 0. The summed E-state index contributed by atoms with van der Waals surface area (Å²) in [5.74, 6) is 0.632. The lowest BCUT2D eigenvalue weighted by atomic mass is 10.2. The molecule has 0 radical (unpaired) electrons. The SMILES string of the molecule is COc1ccc(S(=O)(=O)N(C)CCC(C)N)cc1. The van der Waals surface area contributed by atoms with Crippen LogP contribution in [0.1, 0.15) is 13.3 Å². The molecule has 0 saturated heterocycles. The third kappa shape index (κ3) is 3.69. The predicted molar refractivity (Wildman–Crippen MR) is 71.1 cm³/mol. The zero-order valence-corrected chi connectivity index (χ0v) is 11.8. The first kappa shape index (κ1) is 14.9. The van der Waals surface area contributed by atoms with Crippen LogP contribution in [-0.2, 0) is 10.0 Å². The highest BCUT2D eigenvalue weighted by atomic mass is 32.2. The highest BCUT2D eigenvalue weighted by molar-refractivity contribution is 7.89. The molecule has 0 aromatic heterocycles. The fraction of sp³-hybridized carbons (Fsp3) is 0.500. The van der Waals surface area contributed by atoms with Gasteiger partial charge in [-0.1, -0.05) is 0 Å². The first-order chi connectivity index (χ1) is 8.37. The molecule has 102 valence electrons. The van der Waals surface area contributed by atoms with E-state index in [4.69, 9.17) is 10.5 Å². The van der Waals surface area contributed by atoms with Gasteiger partial charge in [-0.3, -0.25) is 0 Å². The fourth-order valence-electron chi connectivity index (χ4n) is 1.43. The molecule has 1 aromatic carbocycles. The van der Waals surface area contributed by atoms with E-state index < -0.39 is 10.0 Å². The highest BCUT2D eigenvalue weighted by Crippen LogP contribution is 2.18. The number of hydrogen-bond acceptors (Lipinski definition) is 4. The Morgan fingerprint density at radius 3 is 2.33 bits per heavy atom. The first-order valence-corrected chi connectivity index (χ1v) is 7.18. The molecular formula is C12H20N2O3S. The summed E-state index contributed by atoms with van der Waals surface area (Å²) in [5.41, 5.74) is 5.62. The maximum atomic E-state index is 12.2. The van der Waals surface area contributed by atoms with Crippen LogP contribution in [0.25, 0.3) is 0 Å². The van der Waals surface area contributed by atoms with E-state index in [0.717, 1.165) is 0 Å². The Kier molecular flexibility index (Phi) is 5.13. The molecule has 6 heteroatoms. The molecule has 0 aliphatic carbocycles. The van der Waals surface area contributed by atoms with Crippen molar-refractivity contribution in [1.29, 1.82) is 0 Å². The van der Waals surface area contributed by atoms with Crippen molar-refractivity contribution in [2.24, 2.45) is 5.73 Å². The molecule has 0 heterocycles. The van der Waals surface area contributed by atoms with E-state index in [1.54, 1.807) is 19.2 Å². The topological polar surface area (TPSA) is 72.6 Å². The van der Waals surface area contributed by atoms with Crippen LogP contribution in [-0.4, -0.2) is 39.5 Å². The summed E-state index contributed by atoms with van der Waals surface area (Å²) in [7, 11) is -0.340. The van der Waals surface area contributed by atoms with Crippen molar-refractivity contribution in [3.63, 3.8) is 0 Å². The largest absolute Gasteiger partial charge is 0.497 e. The first-order valence-electron chi connectivity index (χ1n) is 5.74. The monoisotopic (exact) mass is 272 g/mol. The summed E-state index contributed by atoms with van der Waals surface area (Å²) in [6.45, 7) is 2.26. The molecule has 2 N–H and O–H groups in total. The zero-order chi connectivity index (χ0) is 13.8. The second-order valence-electron chi connectivity index (χ2n) is 4.27. The second kappa shape index (κ2) is 6.17. The van der Waals surface area contributed by atoms with Crippen LogP contribution < -0.4 is 10.5 Å². The van der Waals surface area contributed by atoms with Crippen molar-refractivity contribution in [3.05, 3.63) is 24.3 Å². The maximum absolute atomic E-state index is 12.2. The van der Waals surface area contributed by atoms with Gasteiger partial charge < -0.3 is 10.5 Å². The van der Waals surface area contributed by atoms with E-state index in [9.17, 15) is 8.42 Å². The van der Waals surface area contributed by atoms with Gasteiger partial charge in [0.05, 0.1) is 12.0 Å². The van der Waals surface area contributed by atoms with Crippen LogP contribution in [0.5, 0.6) is 5.75 Å². The van der Waals surface area contributed by atoms with Crippen LogP contribution in [0.4, 0.5) is 0 Å². The Bertz CT molecular complexity index is 469. The molecule has 0 fully saturated rings. The van der Waals surface area contributed by atoms with Gasteiger partial charge in [0.2, 0.25) is 10.0 Å². The van der Waals surface area contributed by atoms with Gasteiger partial charge in [0.15, 0.2) is 0 Å². The minimum Gasteiger partial charge on any atom is -0.497 e. The van der Waals surface area contributed by atoms with Crippen molar-refractivity contribution >= 4 is 10.0 Å². The van der Waals surface area contributed by atoms with Gasteiger partial charge in [-0.2, -0.15) is 0 Å². The summed E-state index contributed by atoms with van der Waals surface area (Å²) < 4.78 is 30.7. The molecule has 0 spiro atoms. The Morgan fingerprint density at radius 2 is 1.89 bits per heavy atom. The molecule has 1 atom stereocenters. The lowest BCUT2D eigenvalue weighted by Gasteiger charge is -2.18. The van der Waals surface area contributed by atoms with Gasteiger partial charge in [0, 0.05) is 19.6 Å². The van der Waals surface area contributed by atoms with Crippen molar-refractivity contribution in [3.8, 4) is 5.75 Å². The van der Waals surface area contributed by atoms with Crippen LogP contribution >= 0.6 is 0 Å². The third-order valence-corrected chi connectivity index (χ3v) is 4.54. The lowest BCUT2D eigenvalue weighted by Crippen LogP contribution is -2.31. The minimum atomic E-state index is -3.44. The zero-order valence-electron chi connectivity index (χ0n) is 11.0. The minimum absolute atomic E-state index is 0.0153. The lowest BCUT2D eigenvalue weighted by molar-refractivity contribution is 0.414. The van der Waals surface area contributed by atoms with Gasteiger partial charge in [0.25, 0.3) is 0 Å². The van der Waals surface area contributed by atoms with E-state index in [1.807, 2.05) is 6.92 Å². The van der Waals surface area contributed by atoms with E-state index in [0.29, 0.717) is 18.7 Å². The van der Waals surface area contributed by atoms with Crippen molar-refractivity contribution in [2.75, 3.05) is 20.7 Å². The number of nitrogens with two attached hydrogens (primary N) is 1. The fourth-order valence-corrected chi connectivity index (χ4v) is 2.62. The summed E-state index contributed by atoms with van der Waals surface area (Å²) >= 11 is 0. The number of rotatable bonds is 6. The average Bonchev–Trinajstić information content (AvgIpc) is 2.35. The molecule has 1 aromatic rings. The van der Waals surface area contributed by atoms with Crippen molar-refractivity contribution in [1.82, 2.24) is 4.31 Å². The summed E-state index contributed by atoms with van der Waals surface area (Å²) in [6.07, 6.45) is 0.631. The molecule has 0 aliphatic heterocycles. The summed E-state index contributed by atoms with van der Waals surface area (Å²) in [6, 6.07) is 6.32. The van der Waals surface area contributed by atoms with Gasteiger partial charge >= 0.3 is 0 Å². The summed E-state index contributed by atoms with van der Waals surface area (Å²) in [4.78, 5) is 0.260. The van der Waals surface area contributed by atoms with Gasteiger partial charge in [-0.05, 0) is 37.6 Å². The Morgan fingerprint density at radius 1 is 1.33 bits per heavy atom. The van der Waals surface area contributed by atoms with Gasteiger partial charge in [-0.15, -0.1) is 0 Å². The van der Waals surface area contributed by atoms with Crippen LogP contribution in [0.3, 0.4) is 0 Å². The molecule has 18 heavy (non-hydrogen) atoms. The smallest absolute Gasteiger partial charge is 0.242 e. The number of methoxy groups -OCH3 is 1. The molecule has 5 nitrogen and oxygen atoms in total. The molecule has 0 saturated carbocycles. The van der Waals surface area contributed by atoms with Crippen LogP contribution in [0, 0.1) is 0 Å². The Hall–Kier alpha value is -1.11. The number of hydrogen-bond donors (Lipinski definition) is 1. The van der Waals surface area contributed by atoms with Crippen molar-refractivity contribution in [2.45, 2.75) is 24.3 Å². The molecule has 1 unspecified atom stereocenters. The molecular weight excluding hydrogens is 252 g/mol. The number of ether oxygens (including phenoxy) is 1. The van der Waals surface area contributed by atoms with Crippen LogP contribution in [0.15, 0.2) is 29.2 Å². The normalized spacial score (nSPS) is 13.6. The van der Waals surface area contributed by atoms with Crippen LogP contribution in [0.2, 0.25) is 0 Å². The number of benzene rings is 1. The maximum Gasteiger partial charge on any atom is 0.242 e.